The number of hydrogen-bond acceptors (Lipinski definition) is 8. The van der Waals surface area contributed by atoms with Gasteiger partial charge < -0.3 is 10.1 Å². The molecule has 0 bridgehead atoms. The number of anilines is 1. The summed E-state index contributed by atoms with van der Waals surface area (Å²) in [5.74, 6) is 1.25. The number of rotatable bonds is 10. The van der Waals surface area contributed by atoms with E-state index in [9.17, 15) is 4.79 Å². The van der Waals surface area contributed by atoms with Crippen molar-refractivity contribution in [3.05, 3.63) is 115 Å². The number of fused-ring (bicyclic) bond motifs is 2. The Morgan fingerprint density at radius 3 is 2.74 bits per heavy atom. The van der Waals surface area contributed by atoms with Gasteiger partial charge in [-0.15, -0.1) is 0 Å². The minimum Gasteiger partial charge on any atom is -0.423 e. The Morgan fingerprint density at radius 2 is 1.93 bits per heavy atom. The predicted molar refractivity (Wildman–Crippen MR) is 163 cm³/mol. The summed E-state index contributed by atoms with van der Waals surface area (Å²) in [6, 6.07) is 19.9. The van der Waals surface area contributed by atoms with Gasteiger partial charge in [0.15, 0.2) is 11.4 Å². The molecule has 4 heterocycles. The molecule has 0 fully saturated rings. The van der Waals surface area contributed by atoms with Crippen LogP contribution in [0.5, 0.6) is 11.8 Å². The molecule has 9 nitrogen and oxygen atoms in total. The Bertz CT molecular complexity index is 1920. The molecule has 0 spiro atoms. The third-order valence-corrected chi connectivity index (χ3v) is 6.98. The first kappa shape index (κ1) is 26.8. The molecule has 6 aromatic rings. The average molecular weight is 556 g/mol. The minimum atomic E-state index is -0.00873. The molecule has 2 aromatic carbocycles. The topological polar surface area (TPSA) is 107 Å². The van der Waals surface area contributed by atoms with Crippen molar-refractivity contribution in [2.24, 2.45) is 0 Å². The van der Waals surface area contributed by atoms with E-state index in [0.29, 0.717) is 30.3 Å². The van der Waals surface area contributed by atoms with E-state index >= 15 is 0 Å². The summed E-state index contributed by atoms with van der Waals surface area (Å²) in [6.45, 7) is 8.23. The Balaban J connectivity index is 1.35. The number of ether oxygens (including phenoxy) is 1. The average Bonchev–Trinajstić information content (AvgIpc) is 3.45. The molecule has 0 aliphatic carbocycles. The van der Waals surface area contributed by atoms with E-state index in [1.807, 2.05) is 42.6 Å². The van der Waals surface area contributed by atoms with E-state index < -0.39 is 0 Å². The van der Waals surface area contributed by atoms with Gasteiger partial charge in [0.2, 0.25) is 5.95 Å². The van der Waals surface area contributed by atoms with Gasteiger partial charge in [-0.3, -0.25) is 14.8 Å². The summed E-state index contributed by atoms with van der Waals surface area (Å²) in [7, 11) is 0. The van der Waals surface area contributed by atoms with E-state index in [2.05, 4.69) is 57.9 Å². The van der Waals surface area contributed by atoms with Gasteiger partial charge in [-0.25, -0.2) is 0 Å². The van der Waals surface area contributed by atoms with Crippen LogP contribution in [0.15, 0.2) is 98.1 Å². The Kier molecular flexibility index (Phi) is 7.38. The van der Waals surface area contributed by atoms with Gasteiger partial charge in [0.25, 0.3) is 0 Å². The second kappa shape index (κ2) is 11.6. The lowest BCUT2D eigenvalue weighted by Crippen LogP contribution is -2.10. The third-order valence-electron chi connectivity index (χ3n) is 6.98. The summed E-state index contributed by atoms with van der Waals surface area (Å²) in [5, 5.41) is 10.1. The highest BCUT2D eigenvalue weighted by molar-refractivity contribution is 5.97. The number of carbonyl (C=O) groups is 1. The van der Waals surface area contributed by atoms with Crippen molar-refractivity contribution in [1.82, 2.24) is 29.5 Å². The van der Waals surface area contributed by atoms with Crippen LogP contribution in [0.1, 0.15) is 36.5 Å². The lowest BCUT2D eigenvalue weighted by molar-refractivity contribution is -0.114. The quantitative estimate of drug-likeness (QED) is 0.189. The van der Waals surface area contributed by atoms with Gasteiger partial charge in [-0.1, -0.05) is 62.9 Å². The maximum atomic E-state index is 11.9. The number of pyridine rings is 2. The summed E-state index contributed by atoms with van der Waals surface area (Å²) in [5.41, 5.74) is 5.49. The molecular weight excluding hydrogens is 526 g/mol. The normalized spacial score (nSPS) is 11.2. The van der Waals surface area contributed by atoms with E-state index in [-0.39, 0.29) is 17.7 Å². The first-order chi connectivity index (χ1) is 20.5. The zero-order chi connectivity index (χ0) is 29.1. The molecule has 0 atom stereocenters. The molecule has 0 aliphatic rings. The standard InChI is InChI=1S/C33H29N7O2/c1-4-25(41)17-22-11-12-28-23(16-22)13-15-35-30(28)27-10-6-5-8-24(27)18-36-32-39-33(42-26-9-7-14-34-19-26)38-31-29(21(2)3)20-37-40(31)32/h4-16,19-21H,1,17-18H2,2-3H3,(H,36,38,39). The SMILES string of the molecule is C=CC(=O)Cc1ccc2c(-c3ccccc3CNc3nc(Oc4cccnc4)nc4c(C(C)C)cnn34)nccc2c1. The first-order valence-corrected chi connectivity index (χ1v) is 13.7. The molecule has 208 valence electrons. The molecule has 0 unspecified atom stereocenters. The van der Waals surface area contributed by atoms with Crippen LogP contribution < -0.4 is 10.1 Å². The Morgan fingerprint density at radius 1 is 1.05 bits per heavy atom. The maximum absolute atomic E-state index is 11.9. The molecule has 9 heteroatoms. The fraction of sp³-hybridized carbons (Fsp3) is 0.152. The third kappa shape index (κ3) is 5.44. The lowest BCUT2D eigenvalue weighted by Gasteiger charge is -2.14. The second-order valence-corrected chi connectivity index (χ2v) is 10.2. The van der Waals surface area contributed by atoms with Crippen LogP contribution in [0.25, 0.3) is 27.7 Å². The second-order valence-electron chi connectivity index (χ2n) is 10.2. The zero-order valence-corrected chi connectivity index (χ0v) is 23.4. The molecule has 4 aromatic heterocycles. The number of hydrogen-bond donors (Lipinski definition) is 1. The van der Waals surface area contributed by atoms with Crippen molar-refractivity contribution in [1.29, 1.82) is 0 Å². The number of nitrogens with one attached hydrogen (secondary N) is 1. The van der Waals surface area contributed by atoms with Crippen LogP contribution in [0.3, 0.4) is 0 Å². The fourth-order valence-electron chi connectivity index (χ4n) is 4.86. The zero-order valence-electron chi connectivity index (χ0n) is 23.4. The van der Waals surface area contributed by atoms with Crippen molar-refractivity contribution >= 4 is 28.2 Å². The van der Waals surface area contributed by atoms with Gasteiger partial charge in [0.1, 0.15) is 5.75 Å². The predicted octanol–water partition coefficient (Wildman–Crippen LogP) is 6.56. The van der Waals surface area contributed by atoms with Gasteiger partial charge >= 0.3 is 6.01 Å². The first-order valence-electron chi connectivity index (χ1n) is 13.7. The van der Waals surface area contributed by atoms with Crippen molar-refractivity contribution in [2.45, 2.75) is 32.7 Å². The van der Waals surface area contributed by atoms with Crippen LogP contribution in [-0.4, -0.2) is 35.3 Å². The van der Waals surface area contributed by atoms with E-state index in [1.54, 1.807) is 35.2 Å². The Labute approximate surface area is 243 Å². The van der Waals surface area contributed by atoms with Gasteiger partial charge in [0.05, 0.1) is 18.1 Å². The molecule has 0 aliphatic heterocycles. The maximum Gasteiger partial charge on any atom is 0.327 e. The van der Waals surface area contributed by atoms with E-state index in [4.69, 9.17) is 9.72 Å². The van der Waals surface area contributed by atoms with Gasteiger partial charge in [-0.2, -0.15) is 19.6 Å². The number of ketones is 1. The van der Waals surface area contributed by atoms with E-state index in [1.165, 1.54) is 6.08 Å². The van der Waals surface area contributed by atoms with Crippen molar-refractivity contribution in [2.75, 3.05) is 5.32 Å². The molecular formula is C33H29N7O2. The number of nitrogens with zero attached hydrogens (tertiary/aromatic N) is 6. The van der Waals surface area contributed by atoms with E-state index in [0.717, 1.165) is 38.7 Å². The van der Waals surface area contributed by atoms with Crippen molar-refractivity contribution < 1.29 is 9.53 Å². The molecule has 6 rings (SSSR count). The molecule has 1 N–H and O–H groups in total. The van der Waals surface area contributed by atoms with Crippen LogP contribution in [0.2, 0.25) is 0 Å². The molecule has 0 saturated heterocycles. The molecule has 0 radical (unpaired) electrons. The fourth-order valence-corrected chi connectivity index (χ4v) is 4.86. The van der Waals surface area contributed by atoms with Crippen LogP contribution in [0, 0.1) is 0 Å². The number of benzene rings is 2. The van der Waals surface area contributed by atoms with Crippen LogP contribution in [0.4, 0.5) is 5.95 Å². The van der Waals surface area contributed by atoms with Crippen LogP contribution in [-0.2, 0) is 17.8 Å². The Hall–Kier alpha value is -5.44. The summed E-state index contributed by atoms with van der Waals surface area (Å²) < 4.78 is 7.67. The van der Waals surface area contributed by atoms with Crippen molar-refractivity contribution in [3.8, 4) is 23.0 Å². The monoisotopic (exact) mass is 555 g/mol. The number of aromatic nitrogens is 6. The molecule has 0 saturated carbocycles. The van der Waals surface area contributed by atoms with Gasteiger partial charge in [0, 0.05) is 41.9 Å². The molecule has 42 heavy (non-hydrogen) atoms. The highest BCUT2D eigenvalue weighted by Gasteiger charge is 2.17. The summed E-state index contributed by atoms with van der Waals surface area (Å²) >= 11 is 0. The smallest absolute Gasteiger partial charge is 0.327 e. The highest BCUT2D eigenvalue weighted by Crippen LogP contribution is 2.31. The minimum absolute atomic E-state index is 0.00873. The van der Waals surface area contributed by atoms with Gasteiger partial charge in [-0.05, 0) is 46.7 Å². The highest BCUT2D eigenvalue weighted by atomic mass is 16.5. The van der Waals surface area contributed by atoms with Crippen molar-refractivity contribution in [3.63, 3.8) is 0 Å². The molecule has 0 amide bonds. The lowest BCUT2D eigenvalue weighted by atomic mass is 9.97. The summed E-state index contributed by atoms with van der Waals surface area (Å²) in [6.07, 6.45) is 8.60. The largest absolute Gasteiger partial charge is 0.423 e. The number of carbonyl (C=O) groups excluding carboxylic acids is 1. The van der Waals surface area contributed by atoms with Crippen LogP contribution >= 0.6 is 0 Å². The summed E-state index contributed by atoms with van der Waals surface area (Å²) in [4.78, 5) is 30.1. The number of allylic oxidation sites excluding steroid dienone is 1.